The van der Waals surface area contributed by atoms with E-state index in [1.807, 2.05) is 24.3 Å². The molecule has 0 bridgehead atoms. The van der Waals surface area contributed by atoms with Gasteiger partial charge in [0, 0.05) is 5.56 Å². The molecule has 2 aromatic rings. The third kappa shape index (κ3) is 2.13. The second-order valence-electron chi connectivity index (χ2n) is 3.01. The lowest BCUT2D eigenvalue weighted by Gasteiger charge is -2.00. The van der Waals surface area contributed by atoms with Crippen LogP contribution in [0.15, 0.2) is 34.9 Å². The van der Waals surface area contributed by atoms with Gasteiger partial charge in [0.25, 0.3) is 0 Å². The number of rotatable bonds is 3. The maximum Gasteiger partial charge on any atom is 0.226 e. The molecule has 0 spiro atoms. The van der Waals surface area contributed by atoms with E-state index in [2.05, 4.69) is 4.98 Å². The number of oxazole rings is 1. The molecule has 0 aliphatic rings. The molecule has 0 atom stereocenters. The van der Waals surface area contributed by atoms with E-state index in [4.69, 9.17) is 20.8 Å². The van der Waals surface area contributed by atoms with Crippen LogP contribution < -0.4 is 4.74 Å². The Morgan fingerprint density at radius 2 is 2.33 bits per heavy atom. The molecule has 78 valence electrons. The summed E-state index contributed by atoms with van der Waals surface area (Å²) < 4.78 is 10.4. The zero-order valence-electron chi connectivity index (χ0n) is 8.24. The molecule has 0 unspecified atom stereocenters. The van der Waals surface area contributed by atoms with Crippen LogP contribution in [0.2, 0.25) is 0 Å². The number of methoxy groups -OCH3 is 1. The Morgan fingerprint density at radius 3 is 3.00 bits per heavy atom. The fourth-order valence-electron chi connectivity index (χ4n) is 1.26. The van der Waals surface area contributed by atoms with E-state index in [-0.39, 0.29) is 0 Å². The first-order chi connectivity index (χ1) is 7.33. The van der Waals surface area contributed by atoms with E-state index in [1.165, 1.54) is 0 Å². The molecule has 4 heteroatoms. The minimum Gasteiger partial charge on any atom is -0.497 e. The minimum atomic E-state index is 0.355. The Morgan fingerprint density at radius 1 is 1.47 bits per heavy atom. The predicted molar refractivity (Wildman–Crippen MR) is 58.0 cm³/mol. The van der Waals surface area contributed by atoms with E-state index in [0.29, 0.717) is 11.8 Å². The quantitative estimate of drug-likeness (QED) is 0.750. The van der Waals surface area contributed by atoms with E-state index in [0.717, 1.165) is 17.0 Å². The van der Waals surface area contributed by atoms with Crippen LogP contribution in [-0.4, -0.2) is 12.1 Å². The van der Waals surface area contributed by atoms with Gasteiger partial charge in [-0.2, -0.15) is 0 Å². The highest BCUT2D eigenvalue weighted by Crippen LogP contribution is 2.23. The predicted octanol–water partition coefficient (Wildman–Crippen LogP) is 3.09. The number of hydrogen-bond donors (Lipinski definition) is 0. The molecule has 0 fully saturated rings. The van der Waals surface area contributed by atoms with Gasteiger partial charge in [-0.15, -0.1) is 11.6 Å². The number of nitrogens with zero attached hydrogens (tertiary/aromatic N) is 1. The van der Waals surface area contributed by atoms with Crippen molar-refractivity contribution in [2.75, 3.05) is 7.11 Å². The Balaban J connectivity index is 2.35. The van der Waals surface area contributed by atoms with Crippen LogP contribution in [0.3, 0.4) is 0 Å². The fraction of sp³-hybridized carbons (Fsp3) is 0.182. The van der Waals surface area contributed by atoms with Gasteiger partial charge >= 0.3 is 0 Å². The highest BCUT2D eigenvalue weighted by Gasteiger charge is 2.06. The van der Waals surface area contributed by atoms with Gasteiger partial charge in [-0.1, -0.05) is 6.07 Å². The van der Waals surface area contributed by atoms with Gasteiger partial charge in [0.2, 0.25) is 5.89 Å². The van der Waals surface area contributed by atoms with Crippen LogP contribution in [0.5, 0.6) is 5.75 Å². The van der Waals surface area contributed by atoms with Gasteiger partial charge in [0.1, 0.15) is 12.0 Å². The van der Waals surface area contributed by atoms with Crippen LogP contribution in [0, 0.1) is 0 Å². The molecule has 0 saturated carbocycles. The molecular weight excluding hydrogens is 214 g/mol. The van der Waals surface area contributed by atoms with Gasteiger partial charge in [-0.05, 0) is 18.2 Å². The lowest BCUT2D eigenvalue weighted by Crippen LogP contribution is -1.84. The SMILES string of the molecule is COc1cccc(-c2nc(CCl)co2)c1. The summed E-state index contributed by atoms with van der Waals surface area (Å²) in [6.07, 6.45) is 1.56. The zero-order chi connectivity index (χ0) is 10.7. The van der Waals surface area contributed by atoms with Gasteiger partial charge < -0.3 is 9.15 Å². The fourth-order valence-corrected chi connectivity index (χ4v) is 1.38. The summed E-state index contributed by atoms with van der Waals surface area (Å²) in [7, 11) is 1.62. The van der Waals surface area contributed by atoms with Crippen molar-refractivity contribution < 1.29 is 9.15 Å². The molecule has 3 nitrogen and oxygen atoms in total. The zero-order valence-corrected chi connectivity index (χ0v) is 8.99. The third-order valence-electron chi connectivity index (χ3n) is 2.01. The van der Waals surface area contributed by atoms with Crippen molar-refractivity contribution >= 4 is 11.6 Å². The van der Waals surface area contributed by atoms with Crippen LogP contribution in [0.25, 0.3) is 11.5 Å². The largest absolute Gasteiger partial charge is 0.497 e. The molecule has 0 radical (unpaired) electrons. The maximum atomic E-state index is 5.64. The van der Waals surface area contributed by atoms with Gasteiger partial charge in [-0.25, -0.2) is 4.98 Å². The number of hydrogen-bond acceptors (Lipinski definition) is 3. The molecule has 15 heavy (non-hydrogen) atoms. The van der Waals surface area contributed by atoms with E-state index >= 15 is 0 Å². The van der Waals surface area contributed by atoms with Crippen LogP contribution in [-0.2, 0) is 5.88 Å². The summed E-state index contributed by atoms with van der Waals surface area (Å²) in [5, 5.41) is 0. The molecule has 1 aromatic heterocycles. The monoisotopic (exact) mass is 223 g/mol. The molecule has 0 aliphatic carbocycles. The first-order valence-corrected chi connectivity index (χ1v) is 5.01. The first-order valence-electron chi connectivity index (χ1n) is 4.48. The number of benzene rings is 1. The van der Waals surface area contributed by atoms with Crippen molar-refractivity contribution in [3.63, 3.8) is 0 Å². The highest BCUT2D eigenvalue weighted by molar-refractivity contribution is 6.16. The van der Waals surface area contributed by atoms with Gasteiger partial charge in [0.15, 0.2) is 0 Å². The Hall–Kier alpha value is -1.48. The standard InChI is InChI=1S/C11H10ClNO2/c1-14-10-4-2-3-8(5-10)11-13-9(6-12)7-15-11/h2-5,7H,6H2,1H3. The summed E-state index contributed by atoms with van der Waals surface area (Å²) in [5.74, 6) is 1.69. The number of alkyl halides is 1. The van der Waals surface area contributed by atoms with Crippen LogP contribution >= 0.6 is 11.6 Å². The molecule has 1 heterocycles. The molecule has 2 rings (SSSR count). The summed E-state index contributed by atoms with van der Waals surface area (Å²) in [6, 6.07) is 7.53. The molecule has 0 saturated heterocycles. The molecular formula is C11H10ClNO2. The molecule has 1 aromatic carbocycles. The minimum absolute atomic E-state index is 0.355. The smallest absolute Gasteiger partial charge is 0.226 e. The van der Waals surface area contributed by atoms with Crippen molar-refractivity contribution in [3.05, 3.63) is 36.2 Å². The van der Waals surface area contributed by atoms with Crippen molar-refractivity contribution in [3.8, 4) is 17.2 Å². The van der Waals surface area contributed by atoms with Gasteiger partial charge in [-0.3, -0.25) is 0 Å². The Kier molecular flexibility index (Phi) is 2.92. The van der Waals surface area contributed by atoms with Crippen molar-refractivity contribution in [2.45, 2.75) is 5.88 Å². The van der Waals surface area contributed by atoms with Crippen molar-refractivity contribution in [1.82, 2.24) is 4.98 Å². The van der Waals surface area contributed by atoms with E-state index < -0.39 is 0 Å². The second kappa shape index (κ2) is 4.36. The summed E-state index contributed by atoms with van der Waals surface area (Å²) in [4.78, 5) is 4.22. The molecule has 0 amide bonds. The topological polar surface area (TPSA) is 35.3 Å². The second-order valence-corrected chi connectivity index (χ2v) is 3.28. The van der Waals surface area contributed by atoms with E-state index in [9.17, 15) is 0 Å². The highest BCUT2D eigenvalue weighted by atomic mass is 35.5. The van der Waals surface area contributed by atoms with Crippen molar-refractivity contribution in [2.24, 2.45) is 0 Å². The summed E-state index contributed by atoms with van der Waals surface area (Å²) in [5.41, 5.74) is 1.61. The third-order valence-corrected chi connectivity index (χ3v) is 2.28. The normalized spacial score (nSPS) is 10.3. The van der Waals surface area contributed by atoms with Crippen LogP contribution in [0.4, 0.5) is 0 Å². The summed E-state index contributed by atoms with van der Waals surface area (Å²) in [6.45, 7) is 0. The lowest BCUT2D eigenvalue weighted by molar-refractivity contribution is 0.414. The van der Waals surface area contributed by atoms with Gasteiger partial charge in [0.05, 0.1) is 18.7 Å². The van der Waals surface area contributed by atoms with Crippen molar-refractivity contribution in [1.29, 1.82) is 0 Å². The van der Waals surface area contributed by atoms with Crippen LogP contribution in [0.1, 0.15) is 5.69 Å². The average Bonchev–Trinajstić information content (AvgIpc) is 2.78. The summed E-state index contributed by atoms with van der Waals surface area (Å²) >= 11 is 5.64. The number of aromatic nitrogens is 1. The molecule has 0 aliphatic heterocycles. The first kappa shape index (κ1) is 10.1. The number of ether oxygens (including phenoxy) is 1. The maximum absolute atomic E-state index is 5.64. The molecule has 0 N–H and O–H groups in total. The lowest BCUT2D eigenvalue weighted by atomic mass is 10.2. The Bertz CT molecular complexity index is 453. The number of halogens is 1. The average molecular weight is 224 g/mol. The van der Waals surface area contributed by atoms with E-state index in [1.54, 1.807) is 13.4 Å². The Labute approximate surface area is 92.6 Å².